The summed E-state index contributed by atoms with van der Waals surface area (Å²) in [5.41, 5.74) is 0. The van der Waals surface area contributed by atoms with Gasteiger partial charge in [-0.1, -0.05) is 0 Å². The van der Waals surface area contributed by atoms with Gasteiger partial charge in [0.05, 0.1) is 30.8 Å². The number of rotatable bonds is 6. The maximum absolute atomic E-state index is 12.7. The SMILES string of the molecule is CCOCN[C@H]1CCCCN(CC(=O)N2CCCS(=O)(=O)CC2)C1=O. The van der Waals surface area contributed by atoms with E-state index in [1.807, 2.05) is 6.92 Å². The highest BCUT2D eigenvalue weighted by Crippen LogP contribution is 2.13. The molecule has 0 spiro atoms. The molecular weight excluding hydrogens is 346 g/mol. The van der Waals surface area contributed by atoms with E-state index in [9.17, 15) is 18.0 Å². The second-order valence-electron chi connectivity index (χ2n) is 6.54. The Morgan fingerprint density at radius 1 is 1.20 bits per heavy atom. The minimum atomic E-state index is -3.06. The summed E-state index contributed by atoms with van der Waals surface area (Å²) in [6.45, 7) is 4.02. The van der Waals surface area contributed by atoms with Crippen molar-refractivity contribution in [2.24, 2.45) is 0 Å². The van der Waals surface area contributed by atoms with E-state index >= 15 is 0 Å². The molecular formula is C16H29N3O5S. The minimum absolute atomic E-state index is 0.00518. The van der Waals surface area contributed by atoms with Gasteiger partial charge in [0.1, 0.15) is 0 Å². The van der Waals surface area contributed by atoms with E-state index in [1.54, 1.807) is 9.80 Å². The molecule has 8 nitrogen and oxygen atoms in total. The molecule has 0 aliphatic carbocycles. The van der Waals surface area contributed by atoms with E-state index < -0.39 is 9.84 Å². The number of carbonyl (C=O) groups is 2. The van der Waals surface area contributed by atoms with Crippen LogP contribution in [0.3, 0.4) is 0 Å². The molecule has 0 aromatic rings. The minimum Gasteiger partial charge on any atom is -0.367 e. The molecule has 2 saturated heterocycles. The van der Waals surface area contributed by atoms with Crippen molar-refractivity contribution in [3.8, 4) is 0 Å². The fourth-order valence-corrected chi connectivity index (χ4v) is 4.44. The fraction of sp³-hybridized carbons (Fsp3) is 0.875. The van der Waals surface area contributed by atoms with Gasteiger partial charge >= 0.3 is 0 Å². The number of hydrogen-bond acceptors (Lipinski definition) is 6. The first kappa shape index (κ1) is 20.1. The first-order chi connectivity index (χ1) is 11.9. The molecule has 2 aliphatic heterocycles. The summed E-state index contributed by atoms with van der Waals surface area (Å²) >= 11 is 0. The lowest BCUT2D eigenvalue weighted by Gasteiger charge is -2.27. The molecule has 0 aromatic heterocycles. The summed E-state index contributed by atoms with van der Waals surface area (Å²) in [6.07, 6.45) is 2.97. The average Bonchev–Trinajstić information content (AvgIpc) is 2.85. The second kappa shape index (κ2) is 9.49. The zero-order chi connectivity index (χ0) is 18.3. The summed E-state index contributed by atoms with van der Waals surface area (Å²) < 4.78 is 28.6. The Morgan fingerprint density at radius 3 is 2.76 bits per heavy atom. The number of nitrogens with zero attached hydrogens (tertiary/aromatic N) is 2. The lowest BCUT2D eigenvalue weighted by atomic mass is 10.1. The van der Waals surface area contributed by atoms with Gasteiger partial charge in [0.15, 0.2) is 9.84 Å². The highest BCUT2D eigenvalue weighted by atomic mass is 32.2. The van der Waals surface area contributed by atoms with E-state index in [2.05, 4.69) is 5.32 Å². The monoisotopic (exact) mass is 375 g/mol. The van der Waals surface area contributed by atoms with Crippen molar-refractivity contribution in [1.82, 2.24) is 15.1 Å². The van der Waals surface area contributed by atoms with Gasteiger partial charge in [-0.25, -0.2) is 8.42 Å². The normalized spacial score (nSPS) is 24.7. The van der Waals surface area contributed by atoms with Crippen LogP contribution in [0.4, 0.5) is 0 Å². The Bertz CT molecular complexity index is 566. The third kappa shape index (κ3) is 6.23. The number of amides is 2. The van der Waals surface area contributed by atoms with Crippen LogP contribution in [0.5, 0.6) is 0 Å². The van der Waals surface area contributed by atoms with Gasteiger partial charge in [-0.15, -0.1) is 0 Å². The summed E-state index contributed by atoms with van der Waals surface area (Å²) in [7, 11) is -3.06. The van der Waals surface area contributed by atoms with Crippen LogP contribution < -0.4 is 5.32 Å². The van der Waals surface area contributed by atoms with Gasteiger partial charge in [-0.2, -0.15) is 0 Å². The van der Waals surface area contributed by atoms with Crippen molar-refractivity contribution in [1.29, 1.82) is 0 Å². The molecule has 1 N–H and O–H groups in total. The summed E-state index contributed by atoms with van der Waals surface area (Å²) in [4.78, 5) is 28.4. The summed E-state index contributed by atoms with van der Waals surface area (Å²) in [6, 6.07) is -0.327. The van der Waals surface area contributed by atoms with E-state index in [1.165, 1.54) is 0 Å². The Morgan fingerprint density at radius 2 is 2.00 bits per heavy atom. The molecule has 2 aliphatic rings. The van der Waals surface area contributed by atoms with Gasteiger partial charge in [0, 0.05) is 26.2 Å². The number of ether oxygens (including phenoxy) is 1. The number of hydrogen-bond donors (Lipinski definition) is 1. The molecule has 0 aromatic carbocycles. The quantitative estimate of drug-likeness (QED) is 0.501. The number of sulfone groups is 1. The van der Waals surface area contributed by atoms with Gasteiger partial charge in [0.2, 0.25) is 11.8 Å². The smallest absolute Gasteiger partial charge is 0.242 e. The van der Waals surface area contributed by atoms with Gasteiger partial charge in [0.25, 0.3) is 0 Å². The molecule has 0 bridgehead atoms. The number of carbonyl (C=O) groups excluding carboxylic acids is 2. The molecule has 144 valence electrons. The molecule has 9 heteroatoms. The molecule has 1 atom stereocenters. The zero-order valence-electron chi connectivity index (χ0n) is 14.9. The van der Waals surface area contributed by atoms with Crippen molar-refractivity contribution in [2.45, 2.75) is 38.6 Å². The first-order valence-corrected chi connectivity index (χ1v) is 10.8. The topological polar surface area (TPSA) is 96.0 Å². The Balaban J connectivity index is 1.92. The predicted octanol–water partition coefficient (Wildman–Crippen LogP) is -0.402. The molecule has 25 heavy (non-hydrogen) atoms. The van der Waals surface area contributed by atoms with Crippen molar-refractivity contribution in [2.75, 3.05) is 51.0 Å². The zero-order valence-corrected chi connectivity index (χ0v) is 15.7. The van der Waals surface area contributed by atoms with Crippen LogP contribution in [0.25, 0.3) is 0 Å². The Kier molecular flexibility index (Phi) is 7.64. The largest absolute Gasteiger partial charge is 0.367 e. The van der Waals surface area contributed by atoms with Crippen LogP contribution in [0, 0.1) is 0 Å². The van der Waals surface area contributed by atoms with Crippen LogP contribution >= 0.6 is 0 Å². The van der Waals surface area contributed by atoms with Crippen molar-refractivity contribution in [3.05, 3.63) is 0 Å². The Hall–Kier alpha value is -1.19. The van der Waals surface area contributed by atoms with Crippen LogP contribution in [0.2, 0.25) is 0 Å². The van der Waals surface area contributed by atoms with Crippen LogP contribution in [0.1, 0.15) is 32.6 Å². The lowest BCUT2D eigenvalue weighted by molar-refractivity contribution is -0.141. The highest BCUT2D eigenvalue weighted by molar-refractivity contribution is 7.91. The number of nitrogens with one attached hydrogen (secondary N) is 1. The molecule has 0 unspecified atom stereocenters. The molecule has 2 rings (SSSR count). The van der Waals surface area contributed by atoms with Crippen molar-refractivity contribution >= 4 is 21.7 Å². The van der Waals surface area contributed by atoms with Gasteiger partial charge in [-0.3, -0.25) is 14.9 Å². The molecule has 2 heterocycles. The molecule has 2 fully saturated rings. The number of likely N-dealkylation sites (tertiary alicyclic amines) is 1. The van der Waals surface area contributed by atoms with Crippen LogP contribution in [0.15, 0.2) is 0 Å². The summed E-state index contributed by atoms with van der Waals surface area (Å²) in [5, 5.41) is 3.10. The third-order valence-electron chi connectivity index (χ3n) is 4.65. The molecule has 2 amide bonds. The Labute approximate surface area is 149 Å². The third-order valence-corrected chi connectivity index (χ3v) is 6.37. The van der Waals surface area contributed by atoms with E-state index in [-0.39, 0.29) is 42.5 Å². The summed E-state index contributed by atoms with van der Waals surface area (Å²) in [5.74, 6) is -0.113. The maximum atomic E-state index is 12.7. The average molecular weight is 375 g/mol. The predicted molar refractivity (Wildman–Crippen MR) is 93.7 cm³/mol. The molecule has 0 saturated carbocycles. The van der Waals surface area contributed by atoms with Crippen molar-refractivity contribution in [3.63, 3.8) is 0 Å². The molecule has 0 radical (unpaired) electrons. The van der Waals surface area contributed by atoms with Gasteiger partial charge < -0.3 is 14.5 Å². The second-order valence-corrected chi connectivity index (χ2v) is 8.84. The van der Waals surface area contributed by atoms with Gasteiger partial charge in [-0.05, 0) is 32.6 Å². The first-order valence-electron chi connectivity index (χ1n) is 9.01. The highest BCUT2D eigenvalue weighted by Gasteiger charge is 2.30. The van der Waals surface area contributed by atoms with E-state index in [4.69, 9.17) is 4.74 Å². The van der Waals surface area contributed by atoms with Crippen LogP contribution in [-0.4, -0.2) is 87.1 Å². The van der Waals surface area contributed by atoms with Crippen LogP contribution in [-0.2, 0) is 24.2 Å². The van der Waals surface area contributed by atoms with E-state index in [0.717, 1.165) is 19.3 Å². The lowest BCUT2D eigenvalue weighted by Crippen LogP contribution is -2.50. The fourth-order valence-electron chi connectivity index (χ4n) is 3.16. The maximum Gasteiger partial charge on any atom is 0.242 e. The van der Waals surface area contributed by atoms with E-state index in [0.29, 0.717) is 32.8 Å². The van der Waals surface area contributed by atoms with Crippen molar-refractivity contribution < 1.29 is 22.7 Å². The standard InChI is InChI=1S/C16H29N3O5S/c1-2-24-13-17-14-6-3-4-7-19(16(14)21)12-15(20)18-8-5-10-25(22,23)11-9-18/h14,17H,2-13H2,1H3/t14-/m0/s1.